The quantitative estimate of drug-likeness (QED) is 0.310. The second kappa shape index (κ2) is 12.1. The molecular formula is C22H28F3IN4O. The van der Waals surface area contributed by atoms with Crippen LogP contribution < -0.4 is 15.4 Å². The van der Waals surface area contributed by atoms with Crippen molar-refractivity contribution < 1.29 is 17.9 Å². The van der Waals surface area contributed by atoms with Gasteiger partial charge in [-0.05, 0) is 18.1 Å². The van der Waals surface area contributed by atoms with E-state index in [1.165, 1.54) is 4.90 Å². The van der Waals surface area contributed by atoms with Crippen LogP contribution in [0.2, 0.25) is 0 Å². The number of aliphatic imine (C=N–C) groups is 1. The average Bonchev–Trinajstić information content (AvgIpc) is 3.16. The Morgan fingerprint density at radius 1 is 1.13 bits per heavy atom. The monoisotopic (exact) mass is 548 g/mol. The zero-order valence-electron chi connectivity index (χ0n) is 17.4. The molecule has 2 aromatic carbocycles. The van der Waals surface area contributed by atoms with Crippen LogP contribution in [0.4, 0.5) is 13.2 Å². The van der Waals surface area contributed by atoms with Crippen LogP contribution in [0.25, 0.3) is 0 Å². The standard InChI is InChI=1S/C22H27F3N4O.HI/c1-26-21(28-19-11-12-29(14-19)16-22(23,24)25)27-13-18-9-5-6-10-20(18)30-15-17-7-3-2-4-8-17;/h2-10,19H,11-16H2,1H3,(H2,26,27,28);1H. The van der Waals surface area contributed by atoms with Gasteiger partial charge >= 0.3 is 6.18 Å². The fraction of sp³-hybridized carbons (Fsp3) is 0.409. The van der Waals surface area contributed by atoms with Crippen molar-refractivity contribution in [1.82, 2.24) is 15.5 Å². The van der Waals surface area contributed by atoms with E-state index in [4.69, 9.17) is 4.74 Å². The number of alkyl halides is 3. The Balaban J connectivity index is 0.00000341. The first-order valence-corrected chi connectivity index (χ1v) is 9.94. The van der Waals surface area contributed by atoms with Crippen molar-refractivity contribution >= 4 is 29.9 Å². The minimum Gasteiger partial charge on any atom is -0.489 e. The molecule has 2 aromatic rings. The van der Waals surface area contributed by atoms with Crippen molar-refractivity contribution in [3.8, 4) is 5.75 Å². The van der Waals surface area contributed by atoms with Gasteiger partial charge in [-0.25, -0.2) is 0 Å². The fourth-order valence-corrected chi connectivity index (χ4v) is 3.44. The van der Waals surface area contributed by atoms with Crippen LogP contribution in [0.15, 0.2) is 59.6 Å². The minimum atomic E-state index is -4.17. The molecule has 170 valence electrons. The molecule has 31 heavy (non-hydrogen) atoms. The van der Waals surface area contributed by atoms with Gasteiger partial charge in [0.1, 0.15) is 12.4 Å². The van der Waals surface area contributed by atoms with Crippen molar-refractivity contribution in [3.63, 3.8) is 0 Å². The highest BCUT2D eigenvalue weighted by molar-refractivity contribution is 14.0. The summed E-state index contributed by atoms with van der Waals surface area (Å²) in [5.41, 5.74) is 2.06. The van der Waals surface area contributed by atoms with Gasteiger partial charge in [-0.1, -0.05) is 48.5 Å². The average molecular weight is 548 g/mol. The normalized spacial score (nSPS) is 17.2. The van der Waals surface area contributed by atoms with Crippen LogP contribution in [0.1, 0.15) is 17.5 Å². The van der Waals surface area contributed by atoms with E-state index >= 15 is 0 Å². The highest BCUT2D eigenvalue weighted by Gasteiger charge is 2.34. The van der Waals surface area contributed by atoms with Crippen molar-refractivity contribution in [2.75, 3.05) is 26.7 Å². The van der Waals surface area contributed by atoms with Gasteiger partial charge in [-0.2, -0.15) is 13.2 Å². The number of benzene rings is 2. The van der Waals surface area contributed by atoms with Crippen molar-refractivity contribution in [2.45, 2.75) is 31.8 Å². The molecule has 1 fully saturated rings. The van der Waals surface area contributed by atoms with Gasteiger partial charge in [-0.15, -0.1) is 24.0 Å². The summed E-state index contributed by atoms with van der Waals surface area (Å²) in [5.74, 6) is 1.34. The molecule has 1 heterocycles. The van der Waals surface area contributed by atoms with E-state index in [0.29, 0.717) is 38.6 Å². The summed E-state index contributed by atoms with van der Waals surface area (Å²) in [7, 11) is 1.65. The number of para-hydroxylation sites is 1. The van der Waals surface area contributed by atoms with Gasteiger partial charge in [-0.3, -0.25) is 9.89 Å². The highest BCUT2D eigenvalue weighted by Crippen LogP contribution is 2.21. The van der Waals surface area contributed by atoms with E-state index < -0.39 is 12.7 Å². The minimum absolute atomic E-state index is 0. The second-order valence-corrected chi connectivity index (χ2v) is 7.29. The van der Waals surface area contributed by atoms with Crippen LogP contribution in [0, 0.1) is 0 Å². The lowest BCUT2D eigenvalue weighted by Crippen LogP contribution is -2.44. The van der Waals surface area contributed by atoms with Crippen molar-refractivity contribution in [2.24, 2.45) is 4.99 Å². The zero-order valence-corrected chi connectivity index (χ0v) is 19.7. The molecule has 5 nitrogen and oxygen atoms in total. The lowest BCUT2D eigenvalue weighted by Gasteiger charge is -2.20. The van der Waals surface area contributed by atoms with Crippen molar-refractivity contribution in [3.05, 3.63) is 65.7 Å². The number of likely N-dealkylation sites (tertiary alicyclic amines) is 1. The number of halogens is 4. The highest BCUT2D eigenvalue weighted by atomic mass is 127. The number of guanidine groups is 1. The largest absolute Gasteiger partial charge is 0.489 e. The van der Waals surface area contributed by atoms with Crippen LogP contribution in [0.3, 0.4) is 0 Å². The topological polar surface area (TPSA) is 48.9 Å². The summed E-state index contributed by atoms with van der Waals surface area (Å²) < 4.78 is 43.7. The summed E-state index contributed by atoms with van der Waals surface area (Å²) in [5, 5.41) is 6.45. The van der Waals surface area contributed by atoms with E-state index in [9.17, 15) is 13.2 Å². The van der Waals surface area contributed by atoms with E-state index in [0.717, 1.165) is 16.9 Å². The Bertz CT molecular complexity index is 833. The van der Waals surface area contributed by atoms with Crippen LogP contribution in [-0.2, 0) is 13.2 Å². The Kier molecular flexibility index (Phi) is 9.89. The van der Waals surface area contributed by atoms with E-state index in [-0.39, 0.29) is 30.0 Å². The van der Waals surface area contributed by atoms with Crippen molar-refractivity contribution in [1.29, 1.82) is 0 Å². The molecule has 0 radical (unpaired) electrons. The van der Waals surface area contributed by atoms with Crippen LogP contribution in [-0.4, -0.2) is 49.8 Å². The molecule has 0 saturated carbocycles. The van der Waals surface area contributed by atoms with Gasteiger partial charge in [0, 0.05) is 38.3 Å². The number of hydrogen-bond donors (Lipinski definition) is 2. The maximum absolute atomic E-state index is 12.6. The predicted octanol–water partition coefficient (Wildman–Crippen LogP) is 4.19. The molecule has 1 aliphatic heterocycles. The number of nitrogens with one attached hydrogen (secondary N) is 2. The Morgan fingerprint density at radius 2 is 1.84 bits per heavy atom. The van der Waals surface area contributed by atoms with E-state index in [1.54, 1.807) is 7.05 Å². The third-order valence-corrected chi connectivity index (χ3v) is 4.90. The molecule has 3 rings (SSSR count). The molecular weight excluding hydrogens is 520 g/mol. The lowest BCUT2D eigenvalue weighted by atomic mass is 10.2. The molecule has 1 saturated heterocycles. The Hall–Kier alpha value is -2.01. The van der Waals surface area contributed by atoms with Gasteiger partial charge < -0.3 is 15.4 Å². The van der Waals surface area contributed by atoms with Crippen LogP contribution >= 0.6 is 24.0 Å². The molecule has 0 amide bonds. The molecule has 2 N–H and O–H groups in total. The maximum Gasteiger partial charge on any atom is 0.401 e. The third-order valence-electron chi connectivity index (χ3n) is 4.90. The SMILES string of the molecule is CN=C(NCc1ccccc1OCc1ccccc1)NC1CCN(CC(F)(F)F)C1.I. The molecule has 0 aromatic heterocycles. The molecule has 1 unspecified atom stereocenters. The second-order valence-electron chi connectivity index (χ2n) is 7.29. The Labute approximate surface area is 198 Å². The number of rotatable bonds is 7. The summed E-state index contributed by atoms with van der Waals surface area (Å²) in [6, 6.07) is 17.6. The fourth-order valence-electron chi connectivity index (χ4n) is 3.44. The first-order chi connectivity index (χ1) is 14.4. The molecule has 0 aliphatic carbocycles. The van der Waals surface area contributed by atoms with Gasteiger partial charge in [0.2, 0.25) is 0 Å². The molecule has 0 bridgehead atoms. The van der Waals surface area contributed by atoms with Gasteiger partial charge in [0.05, 0.1) is 6.54 Å². The number of hydrogen-bond acceptors (Lipinski definition) is 3. The van der Waals surface area contributed by atoms with Gasteiger partial charge in [0.15, 0.2) is 5.96 Å². The first kappa shape index (κ1) is 25.3. The summed E-state index contributed by atoms with van der Waals surface area (Å²) >= 11 is 0. The van der Waals surface area contributed by atoms with Crippen LogP contribution in [0.5, 0.6) is 5.75 Å². The zero-order chi connectivity index (χ0) is 21.4. The Morgan fingerprint density at radius 3 is 2.55 bits per heavy atom. The predicted molar refractivity (Wildman–Crippen MR) is 127 cm³/mol. The third kappa shape index (κ3) is 8.56. The first-order valence-electron chi connectivity index (χ1n) is 9.94. The smallest absolute Gasteiger partial charge is 0.401 e. The number of ether oxygens (including phenoxy) is 1. The summed E-state index contributed by atoms with van der Waals surface area (Å²) in [6.07, 6.45) is -3.52. The van der Waals surface area contributed by atoms with E-state index in [2.05, 4.69) is 15.6 Å². The van der Waals surface area contributed by atoms with E-state index in [1.807, 2.05) is 54.6 Å². The molecule has 1 aliphatic rings. The molecule has 9 heteroatoms. The maximum atomic E-state index is 12.6. The number of nitrogens with zero attached hydrogens (tertiary/aromatic N) is 2. The molecule has 1 atom stereocenters. The summed E-state index contributed by atoms with van der Waals surface area (Å²) in [6.45, 7) is 0.857. The summed E-state index contributed by atoms with van der Waals surface area (Å²) in [4.78, 5) is 5.62. The molecule has 0 spiro atoms. The van der Waals surface area contributed by atoms with Gasteiger partial charge in [0.25, 0.3) is 0 Å². The lowest BCUT2D eigenvalue weighted by molar-refractivity contribution is -0.143.